The Bertz CT molecular complexity index is 585. The van der Waals surface area contributed by atoms with Gasteiger partial charge in [0.25, 0.3) is 5.91 Å². The molecule has 18 heavy (non-hydrogen) atoms. The smallest absolute Gasteiger partial charge is 0.251 e. The molecular formula is C12H10BrClN2OS. The third-order valence-electron chi connectivity index (χ3n) is 2.31. The predicted octanol–water partition coefficient (Wildman–Crippen LogP) is 3.68. The molecule has 3 N–H and O–H groups in total. The number of hydrogen-bond donors (Lipinski definition) is 2. The molecule has 0 aliphatic heterocycles. The molecule has 0 radical (unpaired) electrons. The van der Waals surface area contributed by atoms with Crippen LogP contribution in [0.5, 0.6) is 0 Å². The first kappa shape index (κ1) is 13.4. The summed E-state index contributed by atoms with van der Waals surface area (Å²) in [6, 6.07) is 6.82. The van der Waals surface area contributed by atoms with E-state index in [1.165, 1.54) is 0 Å². The third-order valence-corrected chi connectivity index (χ3v) is 4.33. The summed E-state index contributed by atoms with van der Waals surface area (Å²) in [4.78, 5) is 13.0. The molecule has 0 saturated carbocycles. The Hall–Kier alpha value is -1.04. The highest BCUT2D eigenvalue weighted by molar-refractivity contribution is 9.10. The minimum Gasteiger partial charge on any atom is -0.398 e. The van der Waals surface area contributed by atoms with E-state index < -0.39 is 0 Å². The normalized spacial score (nSPS) is 10.3. The zero-order valence-electron chi connectivity index (χ0n) is 9.24. The number of hydrogen-bond acceptors (Lipinski definition) is 3. The summed E-state index contributed by atoms with van der Waals surface area (Å²) in [6.45, 7) is 0.497. The standard InChI is InChI=1S/C12H10BrClN2OS/c13-8-4-9(18-6-8)5-16-12(17)7-1-2-11(15)10(14)3-7/h1-4,6H,5,15H2,(H,16,17). The second-order valence-electron chi connectivity index (χ2n) is 3.65. The summed E-state index contributed by atoms with van der Waals surface area (Å²) < 4.78 is 1.02. The average molecular weight is 346 g/mol. The number of carbonyl (C=O) groups excluding carboxylic acids is 1. The number of carbonyl (C=O) groups is 1. The van der Waals surface area contributed by atoms with Crippen LogP contribution < -0.4 is 11.1 Å². The van der Waals surface area contributed by atoms with Gasteiger partial charge in [-0.1, -0.05) is 11.6 Å². The molecule has 0 unspecified atom stereocenters. The summed E-state index contributed by atoms with van der Waals surface area (Å²) in [7, 11) is 0. The van der Waals surface area contributed by atoms with E-state index in [-0.39, 0.29) is 5.91 Å². The lowest BCUT2D eigenvalue weighted by Crippen LogP contribution is -2.22. The van der Waals surface area contributed by atoms with E-state index in [9.17, 15) is 4.79 Å². The lowest BCUT2D eigenvalue weighted by molar-refractivity contribution is 0.0951. The van der Waals surface area contributed by atoms with Gasteiger partial charge in [0.1, 0.15) is 0 Å². The molecule has 94 valence electrons. The summed E-state index contributed by atoms with van der Waals surface area (Å²) in [6.07, 6.45) is 0. The molecule has 0 atom stereocenters. The summed E-state index contributed by atoms with van der Waals surface area (Å²) in [5.41, 5.74) is 6.56. The van der Waals surface area contributed by atoms with Gasteiger partial charge in [-0.05, 0) is 40.2 Å². The molecule has 3 nitrogen and oxygen atoms in total. The number of amides is 1. The SMILES string of the molecule is Nc1ccc(C(=O)NCc2cc(Br)cs2)cc1Cl. The molecule has 0 saturated heterocycles. The quantitative estimate of drug-likeness (QED) is 0.834. The van der Waals surface area contributed by atoms with E-state index in [2.05, 4.69) is 21.2 Å². The largest absolute Gasteiger partial charge is 0.398 e. The number of thiophene rings is 1. The number of benzene rings is 1. The van der Waals surface area contributed by atoms with Crippen molar-refractivity contribution >= 4 is 50.5 Å². The molecule has 2 rings (SSSR count). The molecule has 0 aliphatic rings. The van der Waals surface area contributed by atoms with E-state index in [4.69, 9.17) is 17.3 Å². The topological polar surface area (TPSA) is 55.1 Å². The predicted molar refractivity (Wildman–Crippen MR) is 79.1 cm³/mol. The molecule has 1 heterocycles. The molecule has 1 aromatic carbocycles. The zero-order valence-corrected chi connectivity index (χ0v) is 12.4. The van der Waals surface area contributed by atoms with Crippen molar-refractivity contribution in [2.45, 2.75) is 6.54 Å². The van der Waals surface area contributed by atoms with Crippen molar-refractivity contribution in [3.8, 4) is 0 Å². The maximum Gasteiger partial charge on any atom is 0.251 e. The van der Waals surface area contributed by atoms with Gasteiger partial charge >= 0.3 is 0 Å². The molecule has 1 aromatic heterocycles. The molecule has 0 aliphatic carbocycles. The van der Waals surface area contributed by atoms with E-state index in [1.807, 2.05) is 11.4 Å². The van der Waals surface area contributed by atoms with Crippen LogP contribution in [0, 0.1) is 0 Å². The van der Waals surface area contributed by atoms with E-state index in [0.717, 1.165) is 9.35 Å². The van der Waals surface area contributed by atoms with E-state index >= 15 is 0 Å². The molecule has 2 aromatic rings. The van der Waals surface area contributed by atoms with Gasteiger partial charge in [0, 0.05) is 20.3 Å². The Morgan fingerprint density at radius 2 is 2.22 bits per heavy atom. The molecule has 0 fully saturated rings. The van der Waals surface area contributed by atoms with Gasteiger partial charge in [-0.2, -0.15) is 0 Å². The average Bonchev–Trinajstić information content (AvgIpc) is 2.75. The van der Waals surface area contributed by atoms with E-state index in [0.29, 0.717) is 22.8 Å². The van der Waals surface area contributed by atoms with E-state index in [1.54, 1.807) is 29.5 Å². The van der Waals surface area contributed by atoms with Crippen molar-refractivity contribution in [2.24, 2.45) is 0 Å². The summed E-state index contributed by atoms with van der Waals surface area (Å²) in [5.74, 6) is -0.165. The summed E-state index contributed by atoms with van der Waals surface area (Å²) >= 11 is 10.8. The van der Waals surface area contributed by atoms with Crippen LogP contribution in [-0.4, -0.2) is 5.91 Å². The van der Waals surface area contributed by atoms with Gasteiger partial charge in [0.05, 0.1) is 17.3 Å². The van der Waals surface area contributed by atoms with Crippen LogP contribution in [0.15, 0.2) is 34.1 Å². The van der Waals surface area contributed by atoms with Crippen LogP contribution in [0.2, 0.25) is 5.02 Å². The molecule has 1 amide bonds. The number of nitrogen functional groups attached to an aromatic ring is 1. The van der Waals surface area contributed by atoms with Crippen molar-refractivity contribution in [3.63, 3.8) is 0 Å². The first-order chi connectivity index (χ1) is 8.56. The Morgan fingerprint density at radius 1 is 1.44 bits per heavy atom. The highest BCUT2D eigenvalue weighted by atomic mass is 79.9. The van der Waals surface area contributed by atoms with Gasteiger partial charge in [-0.15, -0.1) is 11.3 Å². The van der Waals surface area contributed by atoms with Crippen LogP contribution >= 0.6 is 38.9 Å². The molecule has 0 spiro atoms. The van der Waals surface area contributed by atoms with Crippen LogP contribution in [0.25, 0.3) is 0 Å². The number of anilines is 1. The van der Waals surface area contributed by atoms with Crippen LogP contribution in [0.4, 0.5) is 5.69 Å². The highest BCUT2D eigenvalue weighted by Gasteiger charge is 2.08. The van der Waals surface area contributed by atoms with Gasteiger partial charge in [0.2, 0.25) is 0 Å². The van der Waals surface area contributed by atoms with Gasteiger partial charge < -0.3 is 11.1 Å². The highest BCUT2D eigenvalue weighted by Crippen LogP contribution is 2.21. The van der Waals surface area contributed by atoms with Crippen LogP contribution in [0.3, 0.4) is 0 Å². The monoisotopic (exact) mass is 344 g/mol. The fraction of sp³-hybridized carbons (Fsp3) is 0.0833. The number of nitrogens with one attached hydrogen (secondary N) is 1. The number of halogens is 2. The number of nitrogens with two attached hydrogens (primary N) is 1. The summed E-state index contributed by atoms with van der Waals surface area (Å²) in [5, 5.41) is 5.19. The minimum absolute atomic E-state index is 0.165. The first-order valence-electron chi connectivity index (χ1n) is 5.12. The fourth-order valence-electron chi connectivity index (χ4n) is 1.38. The lowest BCUT2D eigenvalue weighted by atomic mass is 10.2. The fourth-order valence-corrected chi connectivity index (χ4v) is 2.96. The Balaban J connectivity index is 2.01. The molecular weight excluding hydrogens is 336 g/mol. The second-order valence-corrected chi connectivity index (χ2v) is 5.97. The van der Waals surface area contributed by atoms with Crippen LogP contribution in [-0.2, 0) is 6.54 Å². The van der Waals surface area contributed by atoms with Crippen molar-refractivity contribution in [3.05, 3.63) is 49.6 Å². The molecule has 0 bridgehead atoms. The number of rotatable bonds is 3. The van der Waals surface area contributed by atoms with Gasteiger partial charge in [-0.25, -0.2) is 0 Å². The maximum atomic E-state index is 11.9. The second kappa shape index (κ2) is 5.73. The Labute approximate surface area is 122 Å². The van der Waals surface area contributed by atoms with Gasteiger partial charge in [-0.3, -0.25) is 4.79 Å². The third kappa shape index (κ3) is 3.25. The van der Waals surface area contributed by atoms with Gasteiger partial charge in [0.15, 0.2) is 0 Å². The maximum absolute atomic E-state index is 11.9. The molecule has 6 heteroatoms. The Morgan fingerprint density at radius 3 is 2.83 bits per heavy atom. The van der Waals surface area contributed by atoms with Crippen molar-refractivity contribution in [2.75, 3.05) is 5.73 Å². The Kier molecular flexibility index (Phi) is 4.27. The van der Waals surface area contributed by atoms with Crippen LogP contribution in [0.1, 0.15) is 15.2 Å². The van der Waals surface area contributed by atoms with Crippen molar-refractivity contribution in [1.29, 1.82) is 0 Å². The zero-order chi connectivity index (χ0) is 13.1. The van der Waals surface area contributed by atoms with Crippen molar-refractivity contribution in [1.82, 2.24) is 5.32 Å². The first-order valence-corrected chi connectivity index (χ1v) is 7.17. The minimum atomic E-state index is -0.165. The lowest BCUT2D eigenvalue weighted by Gasteiger charge is -2.05. The van der Waals surface area contributed by atoms with Crippen molar-refractivity contribution < 1.29 is 4.79 Å².